The Labute approximate surface area is 158 Å². The van der Waals surface area contributed by atoms with Gasteiger partial charge in [-0.05, 0) is 42.8 Å². The van der Waals surface area contributed by atoms with Crippen molar-refractivity contribution >= 4 is 44.8 Å². The predicted molar refractivity (Wildman–Crippen MR) is 99.4 cm³/mol. The maximum absolute atomic E-state index is 12.5. The van der Waals surface area contributed by atoms with Gasteiger partial charge in [-0.3, -0.25) is 4.72 Å². The number of hydrogen-bond donors (Lipinski definition) is 2. The first-order chi connectivity index (χ1) is 12.3. The zero-order chi connectivity index (χ0) is 18.7. The van der Waals surface area contributed by atoms with Gasteiger partial charge < -0.3 is 5.11 Å². The van der Waals surface area contributed by atoms with Crippen LogP contribution in [0.2, 0.25) is 0 Å². The van der Waals surface area contributed by atoms with Crippen LogP contribution in [-0.4, -0.2) is 29.5 Å². The van der Waals surface area contributed by atoms with Gasteiger partial charge in [-0.15, -0.1) is 11.3 Å². The number of rotatable bonds is 6. The minimum atomic E-state index is -3.89. The number of anilines is 1. The molecule has 3 aromatic rings. The largest absolute Gasteiger partial charge is 0.477 e. The molecule has 0 saturated heterocycles. The van der Waals surface area contributed by atoms with Crippen LogP contribution in [0.5, 0.6) is 0 Å². The monoisotopic (exact) mass is 407 g/mol. The van der Waals surface area contributed by atoms with E-state index in [1.807, 2.05) is 12.1 Å². The lowest BCUT2D eigenvalue weighted by atomic mass is 10.3. The summed E-state index contributed by atoms with van der Waals surface area (Å²) in [5.74, 6) is -1.15. The molecule has 0 aromatic carbocycles. The van der Waals surface area contributed by atoms with E-state index in [2.05, 4.69) is 14.7 Å². The maximum atomic E-state index is 12.5. The number of carboxylic acid groups (broad SMARTS) is 1. The molecular formula is C16H13N3O4S3. The lowest BCUT2D eigenvalue weighted by Crippen LogP contribution is -2.11. The Morgan fingerprint density at radius 1 is 1.15 bits per heavy atom. The van der Waals surface area contributed by atoms with Crippen molar-refractivity contribution in [3.8, 4) is 0 Å². The number of aryl methyl sites for hydroxylation is 1. The lowest BCUT2D eigenvalue weighted by molar-refractivity contribution is 0.0701. The van der Waals surface area contributed by atoms with Crippen LogP contribution in [0.4, 0.5) is 5.69 Å². The van der Waals surface area contributed by atoms with E-state index in [-0.39, 0.29) is 9.09 Å². The molecule has 7 nitrogen and oxygen atoms in total. The summed E-state index contributed by atoms with van der Waals surface area (Å²) in [7, 11) is -3.89. The summed E-state index contributed by atoms with van der Waals surface area (Å²) in [6.45, 7) is 1.56. The predicted octanol–water partition coefficient (Wildman–Crippen LogP) is 3.50. The third-order valence-corrected chi connectivity index (χ3v) is 7.15. The van der Waals surface area contributed by atoms with Crippen LogP contribution < -0.4 is 4.72 Å². The van der Waals surface area contributed by atoms with Crippen molar-refractivity contribution in [3.05, 3.63) is 59.2 Å². The van der Waals surface area contributed by atoms with E-state index in [9.17, 15) is 13.2 Å². The molecule has 134 valence electrons. The fourth-order valence-corrected chi connectivity index (χ4v) is 5.25. The van der Waals surface area contributed by atoms with Crippen LogP contribution >= 0.6 is 23.1 Å². The van der Waals surface area contributed by atoms with Gasteiger partial charge in [0.05, 0.1) is 5.69 Å². The van der Waals surface area contributed by atoms with E-state index in [1.165, 1.54) is 30.1 Å². The normalized spacial score (nSPS) is 11.3. The van der Waals surface area contributed by atoms with Crippen LogP contribution in [0.1, 0.15) is 15.2 Å². The third kappa shape index (κ3) is 4.21. The molecule has 0 aliphatic carbocycles. The highest BCUT2D eigenvalue weighted by Crippen LogP contribution is 2.29. The molecule has 0 unspecified atom stereocenters. The third-order valence-electron chi connectivity index (χ3n) is 3.19. The van der Waals surface area contributed by atoms with Gasteiger partial charge in [0.2, 0.25) is 0 Å². The maximum Gasteiger partial charge on any atom is 0.346 e. The standard InChI is InChI=1S/C16H13N3O4S3/c1-10-8-14(25-15(10)16(20)21)26(22,23)19-11-5-7-18-13(9-11)24-12-4-2-3-6-17-12/h2-9H,1H3,(H,18,19)(H,20,21). The molecule has 0 spiro atoms. The lowest BCUT2D eigenvalue weighted by Gasteiger charge is -2.07. The Bertz CT molecular complexity index is 1050. The molecule has 10 heteroatoms. The van der Waals surface area contributed by atoms with E-state index < -0.39 is 16.0 Å². The molecule has 0 atom stereocenters. The number of thiophene rings is 1. The van der Waals surface area contributed by atoms with E-state index in [1.54, 1.807) is 25.3 Å². The summed E-state index contributed by atoms with van der Waals surface area (Å²) < 4.78 is 27.5. The summed E-state index contributed by atoms with van der Waals surface area (Å²) in [5, 5.41) is 10.4. The highest BCUT2D eigenvalue weighted by atomic mass is 32.2. The number of nitrogens with zero attached hydrogens (tertiary/aromatic N) is 2. The highest BCUT2D eigenvalue weighted by molar-refractivity contribution is 7.99. The summed E-state index contributed by atoms with van der Waals surface area (Å²) in [6, 6.07) is 9.94. The fourth-order valence-electron chi connectivity index (χ4n) is 2.05. The first-order valence-corrected chi connectivity index (χ1v) is 10.4. The minimum Gasteiger partial charge on any atom is -0.477 e. The molecule has 0 saturated carbocycles. The number of carboxylic acids is 1. The molecule has 0 amide bonds. The van der Waals surface area contributed by atoms with Crippen LogP contribution in [-0.2, 0) is 10.0 Å². The van der Waals surface area contributed by atoms with E-state index in [0.717, 1.165) is 16.4 Å². The van der Waals surface area contributed by atoms with Crippen LogP contribution in [0, 0.1) is 6.92 Å². The average Bonchev–Trinajstić information content (AvgIpc) is 2.99. The van der Waals surface area contributed by atoms with E-state index in [0.29, 0.717) is 16.3 Å². The van der Waals surface area contributed by atoms with Gasteiger partial charge in [0.15, 0.2) is 0 Å². The van der Waals surface area contributed by atoms with Crippen LogP contribution in [0.15, 0.2) is 63.1 Å². The number of carbonyl (C=O) groups is 1. The zero-order valence-electron chi connectivity index (χ0n) is 13.4. The second-order valence-electron chi connectivity index (χ2n) is 5.14. The Morgan fingerprint density at radius 3 is 2.58 bits per heavy atom. The second kappa shape index (κ2) is 7.44. The fraction of sp³-hybridized carbons (Fsp3) is 0.0625. The summed E-state index contributed by atoms with van der Waals surface area (Å²) in [6.07, 6.45) is 3.15. The zero-order valence-corrected chi connectivity index (χ0v) is 15.9. The van der Waals surface area contributed by atoms with Crippen molar-refractivity contribution < 1.29 is 18.3 Å². The molecule has 3 rings (SSSR count). The molecule has 3 heterocycles. The van der Waals surface area contributed by atoms with Crippen LogP contribution in [0.25, 0.3) is 0 Å². The molecule has 2 N–H and O–H groups in total. The Balaban J connectivity index is 1.83. The summed E-state index contributed by atoms with van der Waals surface area (Å²) in [4.78, 5) is 19.5. The number of pyridine rings is 2. The first-order valence-electron chi connectivity index (χ1n) is 7.26. The minimum absolute atomic E-state index is 0.00602. The quantitative estimate of drug-likeness (QED) is 0.643. The Kier molecular flexibility index (Phi) is 5.25. The van der Waals surface area contributed by atoms with Crippen molar-refractivity contribution in [2.45, 2.75) is 21.2 Å². The van der Waals surface area contributed by atoms with Gasteiger partial charge in [0.1, 0.15) is 19.1 Å². The molecule has 0 radical (unpaired) electrons. The number of aromatic carboxylic acids is 1. The average molecular weight is 407 g/mol. The van der Waals surface area contributed by atoms with Gasteiger partial charge in [-0.2, -0.15) is 0 Å². The van der Waals surface area contributed by atoms with Crippen molar-refractivity contribution in [1.82, 2.24) is 9.97 Å². The van der Waals surface area contributed by atoms with Crippen molar-refractivity contribution in [3.63, 3.8) is 0 Å². The molecule has 0 bridgehead atoms. The molecule has 0 fully saturated rings. The topological polar surface area (TPSA) is 109 Å². The number of aromatic nitrogens is 2. The van der Waals surface area contributed by atoms with E-state index >= 15 is 0 Å². The number of nitrogens with one attached hydrogen (secondary N) is 1. The smallest absolute Gasteiger partial charge is 0.346 e. The second-order valence-corrected chi connectivity index (χ2v) is 9.14. The van der Waals surface area contributed by atoms with Crippen LogP contribution in [0.3, 0.4) is 0 Å². The molecular weight excluding hydrogens is 394 g/mol. The molecule has 0 aliphatic rings. The van der Waals surface area contributed by atoms with Gasteiger partial charge in [0, 0.05) is 12.4 Å². The summed E-state index contributed by atoms with van der Waals surface area (Å²) >= 11 is 2.02. The van der Waals surface area contributed by atoms with Gasteiger partial charge >= 0.3 is 5.97 Å². The Hall–Kier alpha value is -2.43. The van der Waals surface area contributed by atoms with Gasteiger partial charge in [0.25, 0.3) is 10.0 Å². The van der Waals surface area contributed by atoms with Crippen molar-refractivity contribution in [2.24, 2.45) is 0 Å². The van der Waals surface area contributed by atoms with Crippen molar-refractivity contribution in [1.29, 1.82) is 0 Å². The SMILES string of the molecule is Cc1cc(S(=O)(=O)Nc2ccnc(Sc3ccccn3)c2)sc1C(=O)O. The van der Waals surface area contributed by atoms with E-state index in [4.69, 9.17) is 5.11 Å². The van der Waals surface area contributed by atoms with Gasteiger partial charge in [-0.1, -0.05) is 17.8 Å². The highest BCUT2D eigenvalue weighted by Gasteiger charge is 2.22. The number of sulfonamides is 1. The van der Waals surface area contributed by atoms with Gasteiger partial charge in [-0.25, -0.2) is 23.2 Å². The first kappa shape index (κ1) is 18.4. The Morgan fingerprint density at radius 2 is 1.92 bits per heavy atom. The number of hydrogen-bond acceptors (Lipinski definition) is 7. The molecule has 26 heavy (non-hydrogen) atoms. The summed E-state index contributed by atoms with van der Waals surface area (Å²) in [5.41, 5.74) is 0.741. The molecule has 0 aliphatic heterocycles. The van der Waals surface area contributed by atoms with Crippen molar-refractivity contribution in [2.75, 3.05) is 4.72 Å². The molecule has 3 aromatic heterocycles.